The fourth-order valence-corrected chi connectivity index (χ4v) is 5.29. The van der Waals surface area contributed by atoms with Crippen molar-refractivity contribution >= 4 is 9.84 Å². The molecular formula is C12H25NO2S. The highest BCUT2D eigenvalue weighted by Crippen LogP contribution is 2.32. The molecule has 1 aliphatic carbocycles. The van der Waals surface area contributed by atoms with Gasteiger partial charge in [0.2, 0.25) is 0 Å². The van der Waals surface area contributed by atoms with Crippen LogP contribution >= 0.6 is 0 Å². The fraction of sp³-hybridized carbons (Fsp3) is 1.00. The predicted octanol–water partition coefficient (Wildman–Crippen LogP) is 1.83. The zero-order chi connectivity index (χ0) is 12.3. The molecule has 0 aromatic carbocycles. The molecule has 1 fully saturated rings. The molecule has 3 nitrogen and oxygen atoms in total. The molecule has 0 heterocycles. The van der Waals surface area contributed by atoms with Crippen molar-refractivity contribution < 1.29 is 8.42 Å². The Hall–Kier alpha value is -0.0900. The van der Waals surface area contributed by atoms with Crippen LogP contribution in [0.15, 0.2) is 0 Å². The normalized spacial score (nSPS) is 31.2. The average molecular weight is 247 g/mol. The molecule has 0 aromatic heterocycles. The summed E-state index contributed by atoms with van der Waals surface area (Å²) in [6.07, 6.45) is 1.82. The van der Waals surface area contributed by atoms with E-state index in [-0.39, 0.29) is 17.1 Å². The number of rotatable bonds is 5. The van der Waals surface area contributed by atoms with Crippen molar-refractivity contribution in [1.82, 2.24) is 5.32 Å². The standard InChI is InChI=1S/C12H25NO2S/c1-5-13-11-6-7-12(10(11)4)16(14,15)8-9(2)3/h9-13H,5-8H2,1-4H3. The van der Waals surface area contributed by atoms with Crippen LogP contribution < -0.4 is 5.32 Å². The van der Waals surface area contributed by atoms with Crippen molar-refractivity contribution in [3.8, 4) is 0 Å². The van der Waals surface area contributed by atoms with Crippen LogP contribution in [-0.4, -0.2) is 32.0 Å². The van der Waals surface area contributed by atoms with Gasteiger partial charge in [-0.15, -0.1) is 0 Å². The van der Waals surface area contributed by atoms with Gasteiger partial charge >= 0.3 is 0 Å². The average Bonchev–Trinajstić information content (AvgIpc) is 2.47. The van der Waals surface area contributed by atoms with E-state index in [0.29, 0.717) is 11.8 Å². The maximum atomic E-state index is 12.2. The first-order valence-electron chi connectivity index (χ1n) is 6.33. The van der Waals surface area contributed by atoms with Gasteiger partial charge in [-0.1, -0.05) is 27.7 Å². The second kappa shape index (κ2) is 5.50. The van der Waals surface area contributed by atoms with Crippen molar-refractivity contribution in [2.24, 2.45) is 11.8 Å². The highest BCUT2D eigenvalue weighted by Gasteiger charge is 2.40. The second-order valence-corrected chi connectivity index (χ2v) is 7.63. The van der Waals surface area contributed by atoms with Crippen LogP contribution in [0.4, 0.5) is 0 Å². The molecule has 0 spiro atoms. The van der Waals surface area contributed by atoms with Gasteiger partial charge in [-0.05, 0) is 31.2 Å². The molecule has 1 N–H and O–H groups in total. The van der Waals surface area contributed by atoms with Crippen LogP contribution in [0.3, 0.4) is 0 Å². The quantitative estimate of drug-likeness (QED) is 0.806. The Labute approximate surface area is 99.9 Å². The van der Waals surface area contributed by atoms with Crippen molar-refractivity contribution in [2.75, 3.05) is 12.3 Å². The minimum atomic E-state index is -2.90. The Bertz CT molecular complexity index is 311. The largest absolute Gasteiger partial charge is 0.314 e. The van der Waals surface area contributed by atoms with E-state index in [4.69, 9.17) is 0 Å². The minimum absolute atomic E-state index is 0.126. The summed E-state index contributed by atoms with van der Waals surface area (Å²) in [5.74, 6) is 0.819. The molecule has 1 saturated carbocycles. The van der Waals surface area contributed by atoms with E-state index in [1.165, 1.54) is 0 Å². The zero-order valence-corrected chi connectivity index (χ0v) is 11.7. The molecule has 0 bridgehead atoms. The molecule has 4 heteroatoms. The number of sulfone groups is 1. The first-order valence-corrected chi connectivity index (χ1v) is 8.05. The third kappa shape index (κ3) is 3.20. The Kier molecular flexibility index (Phi) is 4.80. The molecule has 1 rings (SSSR count). The topological polar surface area (TPSA) is 46.2 Å². The summed E-state index contributed by atoms with van der Waals surface area (Å²) in [5.41, 5.74) is 0. The van der Waals surface area contributed by atoms with E-state index in [1.807, 2.05) is 13.8 Å². The van der Waals surface area contributed by atoms with E-state index in [9.17, 15) is 8.42 Å². The fourth-order valence-electron chi connectivity index (χ4n) is 2.77. The smallest absolute Gasteiger partial charge is 0.153 e. The third-order valence-electron chi connectivity index (χ3n) is 3.48. The van der Waals surface area contributed by atoms with Crippen LogP contribution in [0.5, 0.6) is 0 Å². The monoisotopic (exact) mass is 247 g/mol. The Morgan fingerprint density at radius 1 is 1.31 bits per heavy atom. The van der Waals surface area contributed by atoms with Crippen molar-refractivity contribution in [3.05, 3.63) is 0 Å². The molecular weight excluding hydrogens is 222 g/mol. The maximum absolute atomic E-state index is 12.2. The number of hydrogen-bond donors (Lipinski definition) is 1. The van der Waals surface area contributed by atoms with Gasteiger partial charge in [-0.25, -0.2) is 8.42 Å². The zero-order valence-electron chi connectivity index (χ0n) is 10.9. The summed E-state index contributed by atoms with van der Waals surface area (Å²) < 4.78 is 24.4. The van der Waals surface area contributed by atoms with Crippen LogP contribution in [-0.2, 0) is 9.84 Å². The Balaban J connectivity index is 2.69. The molecule has 0 saturated heterocycles. The lowest BCUT2D eigenvalue weighted by atomic mass is 10.1. The summed E-state index contributed by atoms with van der Waals surface area (Å²) in [5, 5.41) is 3.26. The third-order valence-corrected chi connectivity index (χ3v) is 6.20. The maximum Gasteiger partial charge on any atom is 0.153 e. The van der Waals surface area contributed by atoms with Gasteiger partial charge in [-0.3, -0.25) is 0 Å². The van der Waals surface area contributed by atoms with E-state index in [1.54, 1.807) is 0 Å². The summed E-state index contributed by atoms with van der Waals surface area (Å²) in [4.78, 5) is 0. The van der Waals surface area contributed by atoms with E-state index < -0.39 is 9.84 Å². The molecule has 0 aliphatic heterocycles. The Morgan fingerprint density at radius 3 is 2.44 bits per heavy atom. The van der Waals surface area contributed by atoms with Gasteiger partial charge in [0.15, 0.2) is 9.84 Å². The second-order valence-electron chi connectivity index (χ2n) is 5.36. The summed E-state index contributed by atoms with van der Waals surface area (Å²) in [7, 11) is -2.90. The van der Waals surface area contributed by atoms with E-state index in [2.05, 4.69) is 19.2 Å². The Morgan fingerprint density at radius 2 is 1.94 bits per heavy atom. The minimum Gasteiger partial charge on any atom is -0.314 e. The van der Waals surface area contributed by atoms with Gasteiger partial charge < -0.3 is 5.32 Å². The molecule has 96 valence electrons. The summed E-state index contributed by atoms with van der Waals surface area (Å²) in [6, 6.07) is 0.386. The van der Waals surface area contributed by atoms with E-state index in [0.717, 1.165) is 19.4 Å². The van der Waals surface area contributed by atoms with Crippen LogP contribution in [0.25, 0.3) is 0 Å². The van der Waals surface area contributed by atoms with Crippen molar-refractivity contribution in [1.29, 1.82) is 0 Å². The van der Waals surface area contributed by atoms with Crippen molar-refractivity contribution in [3.63, 3.8) is 0 Å². The van der Waals surface area contributed by atoms with Crippen LogP contribution in [0, 0.1) is 11.8 Å². The predicted molar refractivity (Wildman–Crippen MR) is 68.3 cm³/mol. The number of hydrogen-bond acceptors (Lipinski definition) is 3. The summed E-state index contributed by atoms with van der Waals surface area (Å²) >= 11 is 0. The van der Waals surface area contributed by atoms with Crippen LogP contribution in [0.2, 0.25) is 0 Å². The van der Waals surface area contributed by atoms with Gasteiger partial charge in [-0.2, -0.15) is 0 Å². The summed E-state index contributed by atoms with van der Waals surface area (Å²) in [6.45, 7) is 9.01. The van der Waals surface area contributed by atoms with Crippen molar-refractivity contribution in [2.45, 2.75) is 51.8 Å². The molecule has 0 amide bonds. The van der Waals surface area contributed by atoms with Gasteiger partial charge in [0.1, 0.15) is 0 Å². The molecule has 1 aliphatic rings. The lowest BCUT2D eigenvalue weighted by Gasteiger charge is -2.22. The van der Waals surface area contributed by atoms with Gasteiger partial charge in [0.05, 0.1) is 11.0 Å². The molecule has 16 heavy (non-hydrogen) atoms. The molecule has 0 radical (unpaired) electrons. The first kappa shape index (κ1) is 14.0. The lowest BCUT2D eigenvalue weighted by molar-refractivity contribution is 0.432. The highest BCUT2D eigenvalue weighted by atomic mass is 32.2. The molecule has 3 unspecified atom stereocenters. The van der Waals surface area contributed by atoms with Gasteiger partial charge in [0, 0.05) is 6.04 Å². The SMILES string of the molecule is CCNC1CCC(S(=O)(=O)CC(C)C)C1C. The molecule has 0 aromatic rings. The van der Waals surface area contributed by atoms with E-state index >= 15 is 0 Å². The first-order chi connectivity index (χ1) is 7.38. The number of nitrogens with one attached hydrogen (secondary N) is 1. The van der Waals surface area contributed by atoms with Crippen LogP contribution in [0.1, 0.15) is 40.5 Å². The molecule has 3 atom stereocenters. The van der Waals surface area contributed by atoms with Gasteiger partial charge in [0.25, 0.3) is 0 Å². The highest BCUT2D eigenvalue weighted by molar-refractivity contribution is 7.92. The lowest BCUT2D eigenvalue weighted by Crippen LogP contribution is -2.37.